The highest BCUT2D eigenvalue weighted by Gasteiger charge is 2.40. The molecule has 0 aliphatic carbocycles. The largest absolute Gasteiger partial charge is 0.467 e. The number of fused-ring (bicyclic) bond motifs is 1. The van der Waals surface area contributed by atoms with Crippen LogP contribution >= 0.6 is 11.8 Å². The lowest BCUT2D eigenvalue weighted by atomic mass is 9.99. The molecule has 5 nitrogen and oxygen atoms in total. The number of hydrogen-bond acceptors (Lipinski definition) is 6. The number of methoxy groups -OCH3 is 1. The molecule has 3 rings (SSSR count). The Kier molecular flexibility index (Phi) is 3.17. The van der Waals surface area contributed by atoms with Crippen LogP contribution in [0.2, 0.25) is 0 Å². The van der Waals surface area contributed by atoms with Crippen molar-refractivity contribution in [1.29, 1.82) is 0 Å². The van der Waals surface area contributed by atoms with Gasteiger partial charge in [0.1, 0.15) is 11.8 Å². The molecule has 1 aromatic heterocycles. The monoisotopic (exact) mass is 290 g/mol. The molecule has 0 unspecified atom stereocenters. The Morgan fingerprint density at radius 3 is 2.95 bits per heavy atom. The van der Waals surface area contributed by atoms with Crippen LogP contribution in [-0.4, -0.2) is 23.1 Å². The van der Waals surface area contributed by atoms with Gasteiger partial charge >= 0.3 is 5.97 Å². The zero-order valence-electron chi connectivity index (χ0n) is 11.4. The lowest BCUT2D eigenvalue weighted by Gasteiger charge is -2.33. The average Bonchev–Trinajstić information content (AvgIpc) is 3.07. The lowest BCUT2D eigenvalue weighted by molar-refractivity contribution is -0.136. The molecule has 0 N–H and O–H groups in total. The molecule has 0 amide bonds. The van der Waals surface area contributed by atoms with Crippen LogP contribution < -0.4 is 0 Å². The summed E-state index contributed by atoms with van der Waals surface area (Å²) in [6.45, 7) is 3.81. The molecule has 0 spiro atoms. The third kappa shape index (κ3) is 1.87. The molecular weight excluding hydrogens is 276 g/mol. The first kappa shape index (κ1) is 13.1. The number of furan rings is 1. The smallest absolute Gasteiger partial charge is 0.338 e. The average molecular weight is 290 g/mol. The maximum Gasteiger partial charge on any atom is 0.338 e. The Hall–Kier alpha value is -1.95. The van der Waals surface area contributed by atoms with E-state index in [1.54, 1.807) is 18.0 Å². The highest BCUT2D eigenvalue weighted by Crippen LogP contribution is 2.43. The molecule has 104 valence electrons. The number of carbonyl (C=O) groups excluding carboxylic acids is 1. The summed E-state index contributed by atoms with van der Waals surface area (Å²) in [7, 11) is 1.38. The second-order valence-corrected chi connectivity index (χ2v) is 5.39. The van der Waals surface area contributed by atoms with E-state index in [-0.39, 0.29) is 12.0 Å². The Morgan fingerprint density at radius 2 is 2.30 bits per heavy atom. The first-order valence-electron chi connectivity index (χ1n) is 6.17. The van der Waals surface area contributed by atoms with E-state index in [0.29, 0.717) is 17.0 Å². The van der Waals surface area contributed by atoms with E-state index < -0.39 is 0 Å². The topological polar surface area (TPSA) is 55.0 Å². The van der Waals surface area contributed by atoms with Gasteiger partial charge in [0, 0.05) is 5.70 Å². The summed E-state index contributed by atoms with van der Waals surface area (Å²) in [5.74, 6) is 0.323. The number of thioether (sulfide) groups is 1. The fourth-order valence-corrected chi connectivity index (χ4v) is 3.36. The molecule has 0 bridgehead atoms. The van der Waals surface area contributed by atoms with Crippen molar-refractivity contribution in [3.05, 3.63) is 46.5 Å². The Balaban J connectivity index is 2.16. The van der Waals surface area contributed by atoms with E-state index in [0.717, 1.165) is 10.9 Å². The van der Waals surface area contributed by atoms with Crippen LogP contribution in [0.3, 0.4) is 0 Å². The minimum absolute atomic E-state index is 0.323. The number of aliphatic imine (C=N–C) groups is 1. The fourth-order valence-electron chi connectivity index (χ4n) is 2.41. The standard InChI is InChI=1S/C14H14N2O3S/c1-8-7-20-14-15-9(2)11(13(17)18-3)12(16(8)14)10-5-4-6-19-10/h4-7,12H,1-3H3/t12-/m0/s1. The van der Waals surface area contributed by atoms with E-state index in [2.05, 4.69) is 4.99 Å². The number of nitrogens with zero attached hydrogens (tertiary/aromatic N) is 2. The number of ether oxygens (including phenoxy) is 1. The van der Waals surface area contributed by atoms with Crippen LogP contribution in [0.1, 0.15) is 25.6 Å². The second kappa shape index (κ2) is 4.86. The van der Waals surface area contributed by atoms with Gasteiger partial charge in [0.25, 0.3) is 0 Å². The third-order valence-corrected chi connectivity index (χ3v) is 4.28. The molecule has 0 saturated carbocycles. The highest BCUT2D eigenvalue weighted by molar-refractivity contribution is 8.16. The molecule has 0 aromatic carbocycles. The second-order valence-electron chi connectivity index (χ2n) is 4.55. The number of carbonyl (C=O) groups is 1. The van der Waals surface area contributed by atoms with Gasteiger partial charge in [-0.05, 0) is 31.4 Å². The summed E-state index contributed by atoms with van der Waals surface area (Å²) in [4.78, 5) is 18.6. The van der Waals surface area contributed by atoms with Crippen molar-refractivity contribution in [1.82, 2.24) is 4.90 Å². The number of rotatable bonds is 2. The first-order chi connectivity index (χ1) is 9.63. The number of esters is 1. The Bertz CT molecular complexity index is 643. The van der Waals surface area contributed by atoms with Crippen molar-refractivity contribution in [3.63, 3.8) is 0 Å². The summed E-state index contributed by atoms with van der Waals surface area (Å²) in [5, 5.41) is 2.87. The van der Waals surface area contributed by atoms with E-state index in [1.807, 2.05) is 36.3 Å². The van der Waals surface area contributed by atoms with Crippen molar-refractivity contribution in [2.45, 2.75) is 19.9 Å². The Morgan fingerprint density at radius 1 is 1.50 bits per heavy atom. The lowest BCUT2D eigenvalue weighted by Crippen LogP contribution is -2.35. The van der Waals surface area contributed by atoms with Gasteiger partial charge in [-0.2, -0.15) is 0 Å². The van der Waals surface area contributed by atoms with Gasteiger partial charge in [0.15, 0.2) is 5.17 Å². The molecule has 3 heterocycles. The molecule has 0 radical (unpaired) electrons. The maximum atomic E-state index is 12.1. The van der Waals surface area contributed by atoms with Gasteiger partial charge in [-0.1, -0.05) is 11.8 Å². The summed E-state index contributed by atoms with van der Waals surface area (Å²) in [6.07, 6.45) is 1.60. The Labute approximate surface area is 121 Å². The van der Waals surface area contributed by atoms with Crippen molar-refractivity contribution in [2.75, 3.05) is 7.11 Å². The van der Waals surface area contributed by atoms with E-state index in [1.165, 1.54) is 7.11 Å². The third-order valence-electron chi connectivity index (χ3n) is 3.32. The molecule has 2 aliphatic rings. The van der Waals surface area contributed by atoms with Crippen LogP contribution in [0.25, 0.3) is 0 Å². The van der Waals surface area contributed by atoms with Crippen LogP contribution in [-0.2, 0) is 9.53 Å². The molecule has 1 aromatic rings. The van der Waals surface area contributed by atoms with Gasteiger partial charge in [0.05, 0.1) is 24.6 Å². The first-order valence-corrected chi connectivity index (χ1v) is 7.05. The summed E-state index contributed by atoms with van der Waals surface area (Å²) in [6, 6.07) is 3.35. The van der Waals surface area contributed by atoms with Gasteiger partial charge in [-0.3, -0.25) is 0 Å². The van der Waals surface area contributed by atoms with Crippen LogP contribution in [0.5, 0.6) is 0 Å². The minimum Gasteiger partial charge on any atom is -0.467 e. The van der Waals surface area contributed by atoms with E-state index in [4.69, 9.17) is 9.15 Å². The minimum atomic E-state index is -0.378. The SMILES string of the molecule is COC(=O)C1=C(C)N=C2SC=C(C)N2[C@H]1c1ccco1. The molecule has 2 aliphatic heterocycles. The molecule has 1 atom stereocenters. The number of hydrogen-bond donors (Lipinski definition) is 0. The predicted octanol–water partition coefficient (Wildman–Crippen LogP) is 3.05. The van der Waals surface area contributed by atoms with Crippen LogP contribution in [0, 0.1) is 0 Å². The number of allylic oxidation sites excluding steroid dienone is 2. The molecular formula is C14H14N2O3S. The predicted molar refractivity (Wildman–Crippen MR) is 76.8 cm³/mol. The van der Waals surface area contributed by atoms with Gasteiger partial charge in [-0.15, -0.1) is 0 Å². The van der Waals surface area contributed by atoms with E-state index in [9.17, 15) is 4.79 Å². The van der Waals surface area contributed by atoms with Crippen LogP contribution in [0.15, 0.2) is 50.2 Å². The van der Waals surface area contributed by atoms with Crippen molar-refractivity contribution in [3.8, 4) is 0 Å². The number of amidine groups is 1. The highest BCUT2D eigenvalue weighted by atomic mass is 32.2. The molecule has 20 heavy (non-hydrogen) atoms. The summed E-state index contributed by atoms with van der Waals surface area (Å²) in [5.41, 5.74) is 2.21. The van der Waals surface area contributed by atoms with Crippen LogP contribution in [0.4, 0.5) is 0 Å². The zero-order valence-corrected chi connectivity index (χ0v) is 12.2. The quantitative estimate of drug-likeness (QED) is 0.784. The van der Waals surface area contributed by atoms with Gasteiger partial charge in [0.2, 0.25) is 0 Å². The van der Waals surface area contributed by atoms with Gasteiger partial charge < -0.3 is 14.1 Å². The molecule has 0 fully saturated rings. The summed E-state index contributed by atoms with van der Waals surface area (Å²) >= 11 is 1.55. The van der Waals surface area contributed by atoms with E-state index >= 15 is 0 Å². The van der Waals surface area contributed by atoms with Crippen molar-refractivity contribution in [2.24, 2.45) is 4.99 Å². The zero-order chi connectivity index (χ0) is 14.3. The normalized spacial score (nSPS) is 21.6. The fraction of sp³-hybridized carbons (Fsp3) is 0.286. The van der Waals surface area contributed by atoms with Gasteiger partial charge in [-0.25, -0.2) is 9.79 Å². The maximum absolute atomic E-state index is 12.1. The molecule has 0 saturated heterocycles. The molecule has 6 heteroatoms. The summed E-state index contributed by atoms with van der Waals surface area (Å²) < 4.78 is 10.4. The van der Waals surface area contributed by atoms with Crippen molar-refractivity contribution >= 4 is 22.9 Å². The van der Waals surface area contributed by atoms with Crippen molar-refractivity contribution < 1.29 is 13.9 Å².